The number of halogens is 3. The zero-order chi connectivity index (χ0) is 12.9. The van der Waals surface area contributed by atoms with Crippen molar-refractivity contribution in [2.24, 2.45) is 0 Å². The van der Waals surface area contributed by atoms with Crippen molar-refractivity contribution in [3.8, 4) is 0 Å². The molecule has 0 heterocycles. The molecule has 0 aliphatic heterocycles. The van der Waals surface area contributed by atoms with Crippen LogP contribution in [0.5, 0.6) is 0 Å². The van der Waals surface area contributed by atoms with Gasteiger partial charge in [-0.1, -0.05) is 23.8 Å². The van der Waals surface area contributed by atoms with Crippen molar-refractivity contribution in [3.63, 3.8) is 0 Å². The Hall–Kier alpha value is -1.03. The Morgan fingerprint density at radius 3 is 2.47 bits per heavy atom. The lowest BCUT2D eigenvalue weighted by Crippen LogP contribution is -2.18. The highest BCUT2D eigenvalue weighted by molar-refractivity contribution is 5.30. The van der Waals surface area contributed by atoms with Gasteiger partial charge in [0.05, 0.1) is 0 Å². The van der Waals surface area contributed by atoms with Crippen LogP contribution in [0.4, 0.5) is 13.2 Å². The van der Waals surface area contributed by atoms with E-state index in [1.54, 1.807) is 0 Å². The van der Waals surface area contributed by atoms with Crippen molar-refractivity contribution in [2.45, 2.75) is 39.4 Å². The van der Waals surface area contributed by atoms with E-state index in [4.69, 9.17) is 0 Å². The van der Waals surface area contributed by atoms with Crippen LogP contribution < -0.4 is 5.32 Å². The third-order valence-corrected chi connectivity index (χ3v) is 2.63. The summed E-state index contributed by atoms with van der Waals surface area (Å²) in [4.78, 5) is 0. The van der Waals surface area contributed by atoms with E-state index in [9.17, 15) is 13.2 Å². The minimum Gasteiger partial charge on any atom is -0.313 e. The number of alkyl halides is 3. The molecule has 0 atom stereocenters. The van der Waals surface area contributed by atoms with Crippen molar-refractivity contribution in [3.05, 3.63) is 34.9 Å². The smallest absolute Gasteiger partial charge is 0.313 e. The van der Waals surface area contributed by atoms with E-state index in [0.29, 0.717) is 13.1 Å². The number of hydrogen-bond acceptors (Lipinski definition) is 1. The summed E-state index contributed by atoms with van der Waals surface area (Å²) in [5.41, 5.74) is 3.51. The molecule has 0 aromatic heterocycles. The van der Waals surface area contributed by atoms with E-state index in [2.05, 4.69) is 11.4 Å². The first-order valence-corrected chi connectivity index (χ1v) is 5.72. The molecule has 0 amide bonds. The lowest BCUT2D eigenvalue weighted by molar-refractivity contribution is -0.135. The van der Waals surface area contributed by atoms with Crippen molar-refractivity contribution in [1.29, 1.82) is 0 Å². The Labute approximate surface area is 100 Å². The second-order valence-electron chi connectivity index (χ2n) is 4.33. The van der Waals surface area contributed by atoms with E-state index >= 15 is 0 Å². The summed E-state index contributed by atoms with van der Waals surface area (Å²) in [6.45, 7) is 5.06. The van der Waals surface area contributed by atoms with E-state index < -0.39 is 12.6 Å². The normalized spacial score (nSPS) is 11.8. The molecule has 0 unspecified atom stereocenters. The van der Waals surface area contributed by atoms with Gasteiger partial charge in [-0.15, -0.1) is 0 Å². The van der Waals surface area contributed by atoms with Gasteiger partial charge < -0.3 is 5.32 Å². The molecule has 17 heavy (non-hydrogen) atoms. The molecule has 1 nitrogen and oxygen atoms in total. The molecule has 0 radical (unpaired) electrons. The Morgan fingerprint density at radius 2 is 1.88 bits per heavy atom. The van der Waals surface area contributed by atoms with Crippen molar-refractivity contribution < 1.29 is 13.2 Å². The van der Waals surface area contributed by atoms with E-state index in [0.717, 1.165) is 5.56 Å². The Bertz CT molecular complexity index is 358. The molecule has 4 heteroatoms. The van der Waals surface area contributed by atoms with Gasteiger partial charge in [0.15, 0.2) is 0 Å². The van der Waals surface area contributed by atoms with Gasteiger partial charge in [-0.2, -0.15) is 13.2 Å². The molecule has 1 aromatic rings. The Morgan fingerprint density at radius 1 is 1.18 bits per heavy atom. The van der Waals surface area contributed by atoms with Crippen LogP contribution in [0, 0.1) is 13.8 Å². The quantitative estimate of drug-likeness (QED) is 0.779. The second kappa shape index (κ2) is 6.05. The van der Waals surface area contributed by atoms with Gasteiger partial charge in [-0.3, -0.25) is 0 Å². The number of rotatable bonds is 5. The van der Waals surface area contributed by atoms with E-state index in [1.807, 2.05) is 26.0 Å². The molecule has 0 aliphatic rings. The zero-order valence-electron chi connectivity index (χ0n) is 10.2. The van der Waals surface area contributed by atoms with Crippen LogP contribution in [-0.2, 0) is 6.54 Å². The highest BCUT2D eigenvalue weighted by atomic mass is 19.4. The largest absolute Gasteiger partial charge is 0.389 e. The first-order valence-electron chi connectivity index (χ1n) is 5.72. The summed E-state index contributed by atoms with van der Waals surface area (Å²) in [7, 11) is 0. The zero-order valence-corrected chi connectivity index (χ0v) is 10.2. The van der Waals surface area contributed by atoms with Gasteiger partial charge in [0, 0.05) is 13.0 Å². The molecule has 0 aliphatic carbocycles. The molecular formula is C13H18F3N. The minimum atomic E-state index is -4.04. The highest BCUT2D eigenvalue weighted by Gasteiger charge is 2.25. The van der Waals surface area contributed by atoms with E-state index in [-0.39, 0.29) is 6.42 Å². The van der Waals surface area contributed by atoms with Gasteiger partial charge in [-0.25, -0.2) is 0 Å². The predicted octanol–water partition coefficient (Wildman–Crippen LogP) is 3.74. The fourth-order valence-electron chi connectivity index (χ4n) is 1.68. The maximum atomic E-state index is 11.9. The van der Waals surface area contributed by atoms with E-state index in [1.165, 1.54) is 11.1 Å². The molecule has 0 saturated heterocycles. The third-order valence-electron chi connectivity index (χ3n) is 2.63. The average molecular weight is 245 g/mol. The third kappa shape index (κ3) is 5.73. The van der Waals surface area contributed by atoms with Gasteiger partial charge in [0.25, 0.3) is 0 Å². The molecular weight excluding hydrogens is 227 g/mol. The second-order valence-corrected chi connectivity index (χ2v) is 4.33. The maximum absolute atomic E-state index is 11.9. The molecule has 0 spiro atoms. The van der Waals surface area contributed by atoms with Crippen LogP contribution in [-0.4, -0.2) is 12.7 Å². The Kier molecular flexibility index (Phi) is 5.00. The molecule has 1 aromatic carbocycles. The Balaban J connectivity index is 2.27. The lowest BCUT2D eigenvalue weighted by Gasteiger charge is -2.09. The van der Waals surface area contributed by atoms with Crippen LogP contribution in [0.2, 0.25) is 0 Å². The van der Waals surface area contributed by atoms with Crippen LogP contribution in [0.3, 0.4) is 0 Å². The fourth-order valence-corrected chi connectivity index (χ4v) is 1.68. The summed E-state index contributed by atoms with van der Waals surface area (Å²) in [5.74, 6) is 0. The monoisotopic (exact) mass is 245 g/mol. The molecule has 0 fully saturated rings. The number of benzene rings is 1. The SMILES string of the molecule is Cc1ccc(CNCCCC(F)(F)F)c(C)c1. The lowest BCUT2D eigenvalue weighted by atomic mass is 10.1. The van der Waals surface area contributed by atoms with Crippen LogP contribution in [0.15, 0.2) is 18.2 Å². The highest BCUT2D eigenvalue weighted by Crippen LogP contribution is 2.20. The maximum Gasteiger partial charge on any atom is 0.389 e. The van der Waals surface area contributed by atoms with Crippen molar-refractivity contribution in [1.82, 2.24) is 5.32 Å². The van der Waals surface area contributed by atoms with Crippen molar-refractivity contribution >= 4 is 0 Å². The summed E-state index contributed by atoms with van der Waals surface area (Å²) < 4.78 is 35.7. The van der Waals surface area contributed by atoms with Gasteiger partial charge >= 0.3 is 6.18 Å². The molecule has 1 rings (SSSR count). The van der Waals surface area contributed by atoms with Crippen LogP contribution >= 0.6 is 0 Å². The standard InChI is InChI=1S/C13H18F3N/c1-10-4-5-12(11(2)8-10)9-17-7-3-6-13(14,15)16/h4-5,8,17H,3,6-7,9H2,1-2H3. The minimum absolute atomic E-state index is 0.133. The molecule has 0 bridgehead atoms. The summed E-state index contributed by atoms with van der Waals surface area (Å²) in [6.07, 6.45) is -4.62. The molecule has 1 N–H and O–H groups in total. The molecule has 96 valence electrons. The van der Waals surface area contributed by atoms with Crippen molar-refractivity contribution in [2.75, 3.05) is 6.54 Å². The first kappa shape index (κ1) is 14.0. The van der Waals surface area contributed by atoms with Gasteiger partial charge in [0.2, 0.25) is 0 Å². The number of nitrogens with one attached hydrogen (secondary N) is 1. The number of aryl methyl sites for hydroxylation is 2. The summed E-state index contributed by atoms with van der Waals surface area (Å²) >= 11 is 0. The molecule has 0 saturated carbocycles. The average Bonchev–Trinajstić information content (AvgIpc) is 2.18. The van der Waals surface area contributed by atoms with Crippen LogP contribution in [0.1, 0.15) is 29.5 Å². The van der Waals surface area contributed by atoms with Crippen LogP contribution in [0.25, 0.3) is 0 Å². The summed E-state index contributed by atoms with van der Waals surface area (Å²) in [6, 6.07) is 6.11. The first-order chi connectivity index (χ1) is 7.88. The van der Waals surface area contributed by atoms with Gasteiger partial charge in [0.1, 0.15) is 0 Å². The van der Waals surface area contributed by atoms with Gasteiger partial charge in [-0.05, 0) is 37.9 Å². The topological polar surface area (TPSA) is 12.0 Å². The summed E-state index contributed by atoms with van der Waals surface area (Å²) in [5, 5.41) is 3.03. The predicted molar refractivity (Wildman–Crippen MR) is 62.9 cm³/mol. The fraction of sp³-hybridized carbons (Fsp3) is 0.538. The number of hydrogen-bond donors (Lipinski definition) is 1.